The summed E-state index contributed by atoms with van der Waals surface area (Å²) in [7, 11) is 0. The number of alkyl halides is 1. The second-order valence-corrected chi connectivity index (χ2v) is 4.21. The van der Waals surface area contributed by atoms with E-state index in [0.717, 1.165) is 15.6 Å². The van der Waals surface area contributed by atoms with Gasteiger partial charge >= 0.3 is 0 Å². The Balaban J connectivity index is 2.69. The Morgan fingerprint density at radius 2 is 2.07 bits per heavy atom. The molecule has 0 amide bonds. The largest absolute Gasteiger partial charge is 0.508 e. The zero-order valence-electron chi connectivity index (χ0n) is 7.33. The molecule has 1 aromatic heterocycles. The van der Waals surface area contributed by atoms with E-state index in [0.29, 0.717) is 11.4 Å². The first-order valence-electron chi connectivity index (χ1n) is 4.15. The monoisotopic (exact) mass is 228 g/mol. The Bertz CT molecular complexity index is 464. The van der Waals surface area contributed by atoms with Crippen LogP contribution in [0.4, 0.5) is 0 Å². The normalized spacial score (nSPS) is 11.0. The van der Waals surface area contributed by atoms with Crippen molar-refractivity contribution in [2.75, 3.05) is 0 Å². The van der Waals surface area contributed by atoms with Gasteiger partial charge in [-0.3, -0.25) is 0 Å². The number of benzene rings is 1. The Labute approximate surface area is 90.4 Å². The molecule has 0 spiro atoms. The predicted molar refractivity (Wildman–Crippen MR) is 59.0 cm³/mol. The minimum atomic E-state index is -0.143. The molecule has 2 aromatic rings. The summed E-state index contributed by atoms with van der Waals surface area (Å²) >= 11 is 7.32. The van der Waals surface area contributed by atoms with Crippen LogP contribution in [0.2, 0.25) is 0 Å². The van der Waals surface area contributed by atoms with E-state index >= 15 is 0 Å². The van der Waals surface area contributed by atoms with Gasteiger partial charge in [0, 0.05) is 21.5 Å². The first-order valence-corrected chi connectivity index (χ1v) is 5.56. The fourth-order valence-corrected chi connectivity index (χ4v) is 2.71. The molecule has 0 saturated carbocycles. The van der Waals surface area contributed by atoms with Crippen LogP contribution in [-0.4, -0.2) is 10.2 Å². The number of hydrogen-bond acceptors (Lipinski definition) is 3. The zero-order valence-corrected chi connectivity index (χ0v) is 8.90. The van der Waals surface area contributed by atoms with Crippen LogP contribution < -0.4 is 0 Å². The van der Waals surface area contributed by atoms with Gasteiger partial charge in [0.15, 0.2) is 0 Å². The lowest BCUT2D eigenvalue weighted by Crippen LogP contribution is -1.83. The number of rotatable bonds is 2. The highest BCUT2D eigenvalue weighted by atomic mass is 35.5. The van der Waals surface area contributed by atoms with Gasteiger partial charge in [-0.1, -0.05) is 0 Å². The summed E-state index contributed by atoms with van der Waals surface area (Å²) in [6.07, 6.45) is 0. The number of hydrogen-bond donors (Lipinski definition) is 2. The van der Waals surface area contributed by atoms with Gasteiger partial charge in [0.1, 0.15) is 5.75 Å². The number of aliphatic hydroxyl groups is 1. The summed E-state index contributed by atoms with van der Waals surface area (Å²) in [6, 6.07) is 3.46. The van der Waals surface area contributed by atoms with E-state index in [4.69, 9.17) is 16.7 Å². The van der Waals surface area contributed by atoms with Gasteiger partial charge in [-0.25, -0.2) is 0 Å². The summed E-state index contributed by atoms with van der Waals surface area (Å²) in [5, 5.41) is 21.5. The van der Waals surface area contributed by atoms with E-state index in [1.165, 1.54) is 0 Å². The molecule has 14 heavy (non-hydrogen) atoms. The van der Waals surface area contributed by atoms with E-state index in [1.807, 2.05) is 5.38 Å². The van der Waals surface area contributed by atoms with Crippen molar-refractivity contribution in [2.45, 2.75) is 12.5 Å². The summed E-state index contributed by atoms with van der Waals surface area (Å²) in [5.74, 6) is 0.572. The third-order valence-corrected chi connectivity index (χ3v) is 3.45. The lowest BCUT2D eigenvalue weighted by molar-refractivity contribution is 0.276. The highest BCUT2D eigenvalue weighted by Gasteiger charge is 2.07. The molecule has 4 heteroatoms. The highest BCUT2D eigenvalue weighted by molar-refractivity contribution is 7.17. The van der Waals surface area contributed by atoms with Crippen molar-refractivity contribution in [1.82, 2.24) is 0 Å². The van der Waals surface area contributed by atoms with E-state index in [2.05, 4.69) is 0 Å². The molecule has 0 aliphatic heterocycles. The average Bonchev–Trinajstić information content (AvgIpc) is 2.58. The molecule has 0 aliphatic carbocycles. The van der Waals surface area contributed by atoms with Gasteiger partial charge in [0.2, 0.25) is 0 Å². The van der Waals surface area contributed by atoms with E-state index in [-0.39, 0.29) is 12.4 Å². The summed E-state index contributed by atoms with van der Waals surface area (Å²) in [6.45, 7) is -0.143. The first kappa shape index (κ1) is 9.77. The third-order valence-electron chi connectivity index (χ3n) is 2.17. The van der Waals surface area contributed by atoms with Crippen LogP contribution in [0.1, 0.15) is 11.1 Å². The zero-order chi connectivity index (χ0) is 10.1. The maximum atomic E-state index is 9.55. The molecule has 0 fully saturated rings. The number of halogens is 1. The van der Waals surface area contributed by atoms with Crippen LogP contribution in [0.25, 0.3) is 10.1 Å². The second kappa shape index (κ2) is 3.77. The summed E-state index contributed by atoms with van der Waals surface area (Å²) in [5.41, 5.74) is 1.58. The maximum Gasteiger partial charge on any atom is 0.121 e. The maximum absolute atomic E-state index is 9.55. The third kappa shape index (κ3) is 1.47. The Hall–Kier alpha value is -0.770. The van der Waals surface area contributed by atoms with Gasteiger partial charge in [-0.15, -0.1) is 22.9 Å². The number of phenols is 1. The molecule has 2 rings (SSSR count). The van der Waals surface area contributed by atoms with Crippen molar-refractivity contribution in [1.29, 1.82) is 0 Å². The second-order valence-electron chi connectivity index (χ2n) is 3.03. The van der Waals surface area contributed by atoms with Gasteiger partial charge in [0.25, 0.3) is 0 Å². The summed E-state index contributed by atoms with van der Waals surface area (Å²) in [4.78, 5) is 0. The quantitative estimate of drug-likeness (QED) is 0.776. The van der Waals surface area contributed by atoms with Gasteiger partial charge in [0.05, 0.1) is 6.61 Å². The Kier molecular flexibility index (Phi) is 2.63. The highest BCUT2D eigenvalue weighted by Crippen LogP contribution is 2.32. The Morgan fingerprint density at radius 3 is 2.71 bits per heavy atom. The van der Waals surface area contributed by atoms with E-state index < -0.39 is 0 Å². The average molecular weight is 229 g/mol. The van der Waals surface area contributed by atoms with E-state index in [1.54, 1.807) is 23.5 Å². The number of aliphatic hydroxyl groups excluding tert-OH is 1. The Morgan fingerprint density at radius 1 is 1.29 bits per heavy atom. The standard InChI is InChI=1S/C10H9ClO2S/c11-3-7-5-14-10-1-6(4-12)9(13)2-8(7)10/h1-2,5,12-13H,3-4H2. The summed E-state index contributed by atoms with van der Waals surface area (Å²) < 4.78 is 1.04. The van der Waals surface area contributed by atoms with Gasteiger partial charge in [-0.05, 0) is 23.1 Å². The molecular formula is C10H9ClO2S. The lowest BCUT2D eigenvalue weighted by Gasteiger charge is -2.01. The van der Waals surface area contributed by atoms with Crippen LogP contribution in [-0.2, 0) is 12.5 Å². The molecule has 0 bridgehead atoms. The van der Waals surface area contributed by atoms with Gasteiger partial charge < -0.3 is 10.2 Å². The van der Waals surface area contributed by atoms with Crippen molar-refractivity contribution in [3.8, 4) is 5.75 Å². The molecule has 0 saturated heterocycles. The minimum absolute atomic E-state index is 0.129. The smallest absolute Gasteiger partial charge is 0.121 e. The molecule has 0 radical (unpaired) electrons. The fraction of sp³-hybridized carbons (Fsp3) is 0.200. The molecule has 2 N–H and O–H groups in total. The molecule has 0 unspecified atom stereocenters. The minimum Gasteiger partial charge on any atom is -0.508 e. The molecule has 2 nitrogen and oxygen atoms in total. The van der Waals surface area contributed by atoms with Crippen LogP contribution in [0.5, 0.6) is 5.75 Å². The van der Waals surface area contributed by atoms with Crippen molar-refractivity contribution in [3.63, 3.8) is 0 Å². The van der Waals surface area contributed by atoms with Gasteiger partial charge in [-0.2, -0.15) is 0 Å². The predicted octanol–water partition coefficient (Wildman–Crippen LogP) is 2.84. The number of thiophene rings is 1. The molecule has 74 valence electrons. The fourth-order valence-electron chi connectivity index (χ4n) is 1.39. The van der Waals surface area contributed by atoms with Crippen LogP contribution in [0, 0.1) is 0 Å². The molecule has 1 aromatic carbocycles. The number of fused-ring (bicyclic) bond motifs is 1. The van der Waals surface area contributed by atoms with E-state index in [9.17, 15) is 5.11 Å². The molecule has 0 atom stereocenters. The van der Waals surface area contributed by atoms with Crippen molar-refractivity contribution in [3.05, 3.63) is 28.6 Å². The topological polar surface area (TPSA) is 40.5 Å². The van der Waals surface area contributed by atoms with Crippen molar-refractivity contribution < 1.29 is 10.2 Å². The van der Waals surface area contributed by atoms with Crippen molar-refractivity contribution >= 4 is 33.0 Å². The molecule has 0 aliphatic rings. The number of aromatic hydroxyl groups is 1. The van der Waals surface area contributed by atoms with Crippen LogP contribution >= 0.6 is 22.9 Å². The van der Waals surface area contributed by atoms with Crippen LogP contribution in [0.3, 0.4) is 0 Å². The first-order chi connectivity index (χ1) is 6.76. The SMILES string of the molecule is OCc1cc2scc(CCl)c2cc1O. The van der Waals surface area contributed by atoms with Crippen molar-refractivity contribution in [2.24, 2.45) is 0 Å². The molecule has 1 heterocycles. The lowest BCUT2D eigenvalue weighted by atomic mass is 10.1. The van der Waals surface area contributed by atoms with Crippen LogP contribution in [0.15, 0.2) is 17.5 Å². The molecular weight excluding hydrogens is 220 g/mol.